The lowest BCUT2D eigenvalue weighted by Crippen LogP contribution is -2.49. The lowest BCUT2D eigenvalue weighted by Gasteiger charge is -2.38. The molecule has 0 bridgehead atoms. The second kappa shape index (κ2) is 5.10. The van der Waals surface area contributed by atoms with Crippen molar-refractivity contribution in [2.24, 2.45) is 5.92 Å². The fraction of sp³-hybridized carbons (Fsp3) is 1.00. The SMILES string of the molecule is CC(C1CCCNC1)N1CCOCC1. The molecule has 0 aromatic carbocycles. The standard InChI is InChI=1S/C11H22N2O/c1-10(11-3-2-4-12-9-11)13-5-7-14-8-6-13/h10-12H,2-9H2,1H3. The van der Waals surface area contributed by atoms with Gasteiger partial charge in [0.05, 0.1) is 13.2 Å². The Morgan fingerprint density at radius 2 is 2.14 bits per heavy atom. The number of hydrogen-bond acceptors (Lipinski definition) is 3. The highest BCUT2D eigenvalue weighted by atomic mass is 16.5. The van der Waals surface area contributed by atoms with Gasteiger partial charge in [-0.3, -0.25) is 4.90 Å². The summed E-state index contributed by atoms with van der Waals surface area (Å²) in [5.41, 5.74) is 0. The maximum absolute atomic E-state index is 5.38. The molecule has 0 aromatic rings. The zero-order valence-corrected chi connectivity index (χ0v) is 9.17. The van der Waals surface area contributed by atoms with E-state index in [1.54, 1.807) is 0 Å². The predicted octanol–water partition coefficient (Wildman–Crippen LogP) is 0.707. The molecule has 2 unspecified atom stereocenters. The molecule has 2 heterocycles. The highest BCUT2D eigenvalue weighted by Crippen LogP contribution is 2.19. The Bertz CT molecular complexity index is 145. The molecular weight excluding hydrogens is 176 g/mol. The first-order chi connectivity index (χ1) is 6.88. The number of hydrogen-bond donors (Lipinski definition) is 1. The Hall–Kier alpha value is -0.120. The number of rotatable bonds is 2. The molecule has 1 N–H and O–H groups in total. The predicted molar refractivity (Wildman–Crippen MR) is 57.4 cm³/mol. The molecule has 82 valence electrons. The van der Waals surface area contributed by atoms with E-state index in [0.29, 0.717) is 0 Å². The maximum Gasteiger partial charge on any atom is 0.0594 e. The van der Waals surface area contributed by atoms with Crippen molar-refractivity contribution in [2.45, 2.75) is 25.8 Å². The van der Waals surface area contributed by atoms with Crippen molar-refractivity contribution < 1.29 is 4.74 Å². The lowest BCUT2D eigenvalue weighted by molar-refractivity contribution is 0.00458. The van der Waals surface area contributed by atoms with Gasteiger partial charge in [0, 0.05) is 19.1 Å². The molecule has 3 heteroatoms. The quantitative estimate of drug-likeness (QED) is 0.707. The molecule has 14 heavy (non-hydrogen) atoms. The van der Waals surface area contributed by atoms with Gasteiger partial charge in [0.2, 0.25) is 0 Å². The van der Waals surface area contributed by atoms with Gasteiger partial charge in [-0.2, -0.15) is 0 Å². The summed E-state index contributed by atoms with van der Waals surface area (Å²) in [6.07, 6.45) is 2.74. The van der Waals surface area contributed by atoms with Gasteiger partial charge in [-0.05, 0) is 38.8 Å². The van der Waals surface area contributed by atoms with Gasteiger partial charge in [0.15, 0.2) is 0 Å². The third-order valence-electron chi connectivity index (χ3n) is 3.64. The van der Waals surface area contributed by atoms with Crippen LogP contribution >= 0.6 is 0 Å². The minimum Gasteiger partial charge on any atom is -0.379 e. The maximum atomic E-state index is 5.38. The van der Waals surface area contributed by atoms with Crippen LogP contribution in [0.1, 0.15) is 19.8 Å². The second-order valence-corrected chi connectivity index (χ2v) is 4.50. The van der Waals surface area contributed by atoms with Gasteiger partial charge in [0.1, 0.15) is 0 Å². The third-order valence-corrected chi connectivity index (χ3v) is 3.64. The van der Waals surface area contributed by atoms with E-state index >= 15 is 0 Å². The number of morpholine rings is 1. The van der Waals surface area contributed by atoms with Crippen molar-refractivity contribution in [3.8, 4) is 0 Å². The monoisotopic (exact) mass is 198 g/mol. The summed E-state index contributed by atoms with van der Waals surface area (Å²) in [7, 11) is 0. The van der Waals surface area contributed by atoms with Gasteiger partial charge in [0.25, 0.3) is 0 Å². The molecule has 0 radical (unpaired) electrons. The minimum absolute atomic E-state index is 0.728. The molecule has 3 nitrogen and oxygen atoms in total. The number of ether oxygens (including phenoxy) is 1. The average molecular weight is 198 g/mol. The number of nitrogens with zero attached hydrogens (tertiary/aromatic N) is 1. The van der Waals surface area contributed by atoms with E-state index in [4.69, 9.17) is 4.74 Å². The Morgan fingerprint density at radius 1 is 1.36 bits per heavy atom. The highest BCUT2D eigenvalue weighted by Gasteiger charge is 2.25. The molecule has 2 aliphatic heterocycles. The zero-order valence-electron chi connectivity index (χ0n) is 9.17. The molecule has 2 aliphatic rings. The van der Waals surface area contributed by atoms with E-state index in [0.717, 1.165) is 38.3 Å². The van der Waals surface area contributed by atoms with Crippen molar-refractivity contribution in [3.05, 3.63) is 0 Å². The summed E-state index contributed by atoms with van der Waals surface area (Å²) in [6.45, 7) is 8.89. The van der Waals surface area contributed by atoms with Gasteiger partial charge in [-0.15, -0.1) is 0 Å². The van der Waals surface area contributed by atoms with Crippen LogP contribution in [-0.4, -0.2) is 50.3 Å². The molecule has 2 rings (SSSR count). The first-order valence-electron chi connectivity index (χ1n) is 5.90. The molecule has 2 saturated heterocycles. The molecule has 0 saturated carbocycles. The van der Waals surface area contributed by atoms with E-state index in [-0.39, 0.29) is 0 Å². The van der Waals surface area contributed by atoms with E-state index < -0.39 is 0 Å². The molecule has 0 amide bonds. The van der Waals surface area contributed by atoms with E-state index in [2.05, 4.69) is 17.1 Å². The van der Waals surface area contributed by atoms with Crippen LogP contribution < -0.4 is 5.32 Å². The van der Waals surface area contributed by atoms with Crippen LogP contribution in [0.3, 0.4) is 0 Å². The molecule has 0 spiro atoms. The largest absolute Gasteiger partial charge is 0.379 e. The van der Waals surface area contributed by atoms with E-state index in [9.17, 15) is 0 Å². The summed E-state index contributed by atoms with van der Waals surface area (Å²) in [4.78, 5) is 2.58. The summed E-state index contributed by atoms with van der Waals surface area (Å²) in [6, 6.07) is 0.728. The van der Waals surface area contributed by atoms with Gasteiger partial charge in [-0.1, -0.05) is 0 Å². The normalized spacial score (nSPS) is 32.8. The van der Waals surface area contributed by atoms with E-state index in [1.165, 1.54) is 25.9 Å². The van der Waals surface area contributed by atoms with Crippen LogP contribution in [0.5, 0.6) is 0 Å². The second-order valence-electron chi connectivity index (χ2n) is 4.50. The van der Waals surface area contributed by atoms with Crippen molar-refractivity contribution >= 4 is 0 Å². The molecule has 0 aromatic heterocycles. The summed E-state index contributed by atoms with van der Waals surface area (Å²) in [5, 5.41) is 3.50. The first-order valence-corrected chi connectivity index (χ1v) is 5.90. The van der Waals surface area contributed by atoms with Crippen LogP contribution in [0.15, 0.2) is 0 Å². The summed E-state index contributed by atoms with van der Waals surface area (Å²) >= 11 is 0. The van der Waals surface area contributed by atoms with Crippen LogP contribution in [0, 0.1) is 5.92 Å². The van der Waals surface area contributed by atoms with Gasteiger partial charge in [-0.25, -0.2) is 0 Å². The minimum atomic E-state index is 0.728. The van der Waals surface area contributed by atoms with Crippen LogP contribution in [0.4, 0.5) is 0 Å². The molecule has 2 atom stereocenters. The van der Waals surface area contributed by atoms with E-state index in [1.807, 2.05) is 0 Å². The Labute approximate surface area is 86.8 Å². The average Bonchev–Trinajstić information content (AvgIpc) is 2.30. The summed E-state index contributed by atoms with van der Waals surface area (Å²) in [5.74, 6) is 0.849. The molecular formula is C11H22N2O. The van der Waals surface area contributed by atoms with Crippen molar-refractivity contribution in [3.63, 3.8) is 0 Å². The first kappa shape index (κ1) is 10.4. The zero-order chi connectivity index (χ0) is 9.80. The van der Waals surface area contributed by atoms with Crippen LogP contribution in [-0.2, 0) is 4.74 Å². The molecule has 2 fully saturated rings. The van der Waals surface area contributed by atoms with Gasteiger partial charge < -0.3 is 10.1 Å². The molecule has 0 aliphatic carbocycles. The Morgan fingerprint density at radius 3 is 2.79 bits per heavy atom. The lowest BCUT2D eigenvalue weighted by atomic mass is 9.91. The van der Waals surface area contributed by atoms with Crippen molar-refractivity contribution in [2.75, 3.05) is 39.4 Å². The number of piperidine rings is 1. The third kappa shape index (κ3) is 2.47. The van der Waals surface area contributed by atoms with Crippen molar-refractivity contribution in [1.82, 2.24) is 10.2 Å². The topological polar surface area (TPSA) is 24.5 Å². The smallest absolute Gasteiger partial charge is 0.0594 e. The van der Waals surface area contributed by atoms with Crippen LogP contribution in [0.25, 0.3) is 0 Å². The summed E-state index contributed by atoms with van der Waals surface area (Å²) < 4.78 is 5.38. The van der Waals surface area contributed by atoms with Crippen LogP contribution in [0.2, 0.25) is 0 Å². The highest BCUT2D eigenvalue weighted by molar-refractivity contribution is 4.81. The van der Waals surface area contributed by atoms with Crippen molar-refractivity contribution in [1.29, 1.82) is 0 Å². The Balaban J connectivity index is 1.82. The Kier molecular flexibility index (Phi) is 3.79. The fourth-order valence-corrected chi connectivity index (χ4v) is 2.57. The number of nitrogens with one attached hydrogen (secondary N) is 1. The van der Waals surface area contributed by atoms with Gasteiger partial charge >= 0.3 is 0 Å². The fourth-order valence-electron chi connectivity index (χ4n) is 2.57.